The summed E-state index contributed by atoms with van der Waals surface area (Å²) < 4.78 is 17.1. The Labute approximate surface area is 160 Å². The van der Waals surface area contributed by atoms with Crippen molar-refractivity contribution >= 4 is 5.91 Å². The number of carbonyl (C=O) groups excluding carboxylic acids is 1. The van der Waals surface area contributed by atoms with E-state index >= 15 is 0 Å². The summed E-state index contributed by atoms with van der Waals surface area (Å²) in [6.07, 6.45) is 0.0545. The van der Waals surface area contributed by atoms with E-state index in [0.29, 0.717) is 25.4 Å². The largest absolute Gasteiger partial charge is 0.486 e. The molecule has 1 amide bonds. The van der Waals surface area contributed by atoms with Crippen LogP contribution in [0.3, 0.4) is 0 Å². The van der Waals surface area contributed by atoms with E-state index in [1.54, 1.807) is 0 Å². The van der Waals surface area contributed by atoms with Gasteiger partial charge in [0.1, 0.15) is 19.0 Å². The maximum atomic E-state index is 12.7. The summed E-state index contributed by atoms with van der Waals surface area (Å²) in [5.74, 6) is 2.05. The van der Waals surface area contributed by atoms with Crippen molar-refractivity contribution in [3.8, 4) is 17.2 Å². The van der Waals surface area contributed by atoms with Crippen molar-refractivity contribution < 1.29 is 19.0 Å². The van der Waals surface area contributed by atoms with Crippen molar-refractivity contribution in [3.63, 3.8) is 0 Å². The van der Waals surface area contributed by atoms with Crippen LogP contribution in [0, 0.1) is 13.8 Å². The van der Waals surface area contributed by atoms with Gasteiger partial charge in [-0.05, 0) is 68.1 Å². The van der Waals surface area contributed by atoms with Crippen LogP contribution in [0.4, 0.5) is 0 Å². The number of benzene rings is 2. The summed E-state index contributed by atoms with van der Waals surface area (Å²) in [5.41, 5.74) is 3.31. The third kappa shape index (κ3) is 4.54. The van der Waals surface area contributed by atoms with E-state index in [1.165, 1.54) is 5.56 Å². The van der Waals surface area contributed by atoms with Gasteiger partial charge in [-0.1, -0.05) is 19.1 Å². The molecule has 1 heterocycles. The summed E-state index contributed by atoms with van der Waals surface area (Å²) >= 11 is 0. The van der Waals surface area contributed by atoms with Crippen LogP contribution in [-0.2, 0) is 4.79 Å². The highest BCUT2D eigenvalue weighted by Gasteiger charge is 2.22. The first-order valence-electron chi connectivity index (χ1n) is 9.41. The van der Waals surface area contributed by atoms with Gasteiger partial charge >= 0.3 is 0 Å². The average molecular weight is 369 g/mol. The molecule has 0 aromatic heterocycles. The lowest BCUT2D eigenvalue weighted by Crippen LogP contribution is -2.39. The van der Waals surface area contributed by atoms with Crippen molar-refractivity contribution in [1.29, 1.82) is 0 Å². The van der Waals surface area contributed by atoms with Crippen LogP contribution in [0.25, 0.3) is 0 Å². The van der Waals surface area contributed by atoms with Gasteiger partial charge in [0.2, 0.25) is 0 Å². The number of aryl methyl sites for hydroxylation is 2. The minimum atomic E-state index is -0.535. The summed E-state index contributed by atoms with van der Waals surface area (Å²) in [7, 11) is 0. The average Bonchev–Trinajstić information content (AvgIpc) is 2.68. The van der Waals surface area contributed by atoms with E-state index in [9.17, 15) is 4.79 Å². The van der Waals surface area contributed by atoms with Gasteiger partial charge in [-0.3, -0.25) is 4.79 Å². The molecule has 27 heavy (non-hydrogen) atoms. The van der Waals surface area contributed by atoms with Gasteiger partial charge < -0.3 is 19.5 Å². The second-order valence-electron chi connectivity index (χ2n) is 6.89. The molecule has 0 saturated carbocycles. The van der Waals surface area contributed by atoms with Crippen LogP contribution < -0.4 is 19.5 Å². The Morgan fingerprint density at radius 1 is 1.07 bits per heavy atom. The van der Waals surface area contributed by atoms with Crippen LogP contribution >= 0.6 is 0 Å². The Hall–Kier alpha value is -2.69. The number of carbonyl (C=O) groups is 1. The number of hydrogen-bond donors (Lipinski definition) is 1. The molecule has 0 spiro atoms. The lowest BCUT2D eigenvalue weighted by molar-refractivity contribution is -0.128. The first kappa shape index (κ1) is 19.1. The van der Waals surface area contributed by atoms with Crippen LogP contribution in [-0.4, -0.2) is 25.2 Å². The number of fused-ring (bicyclic) bond motifs is 1. The molecule has 3 rings (SSSR count). The zero-order valence-electron chi connectivity index (χ0n) is 16.4. The lowest BCUT2D eigenvalue weighted by Gasteiger charge is -2.23. The van der Waals surface area contributed by atoms with Crippen molar-refractivity contribution in [1.82, 2.24) is 5.32 Å². The van der Waals surface area contributed by atoms with Gasteiger partial charge in [0.25, 0.3) is 5.91 Å². The molecule has 0 saturated heterocycles. The highest BCUT2D eigenvalue weighted by molar-refractivity contribution is 5.81. The predicted molar refractivity (Wildman–Crippen MR) is 105 cm³/mol. The molecule has 5 heteroatoms. The molecule has 144 valence electrons. The molecule has 0 unspecified atom stereocenters. The molecule has 5 nitrogen and oxygen atoms in total. The first-order valence-corrected chi connectivity index (χ1v) is 9.41. The van der Waals surface area contributed by atoms with Crippen LogP contribution in [0.5, 0.6) is 17.2 Å². The fourth-order valence-electron chi connectivity index (χ4n) is 2.99. The second kappa shape index (κ2) is 8.33. The molecule has 0 fully saturated rings. The van der Waals surface area contributed by atoms with E-state index in [1.807, 2.05) is 57.2 Å². The second-order valence-corrected chi connectivity index (χ2v) is 6.89. The standard InChI is InChI=1S/C22H27NO4/c1-5-19(27-18-8-6-14(2)15(3)12-18)22(24)23-16(4)17-7-9-20-21(13-17)26-11-10-25-20/h6-9,12-13,16,19H,5,10-11H2,1-4H3,(H,23,24)/t16-,19-/m1/s1. The third-order valence-corrected chi connectivity index (χ3v) is 4.84. The first-order chi connectivity index (χ1) is 13.0. The molecule has 1 aliphatic rings. The maximum absolute atomic E-state index is 12.7. The smallest absolute Gasteiger partial charge is 0.261 e. The summed E-state index contributed by atoms with van der Waals surface area (Å²) in [4.78, 5) is 12.7. The SMILES string of the molecule is CC[C@@H](Oc1ccc(C)c(C)c1)C(=O)N[C@H](C)c1ccc2c(c1)OCCO2. The minimum absolute atomic E-state index is 0.127. The highest BCUT2D eigenvalue weighted by Crippen LogP contribution is 2.32. The molecule has 1 aliphatic heterocycles. The molecule has 0 aliphatic carbocycles. The Kier molecular flexibility index (Phi) is 5.89. The Bertz CT molecular complexity index is 818. The van der Waals surface area contributed by atoms with E-state index in [2.05, 4.69) is 12.2 Å². The third-order valence-electron chi connectivity index (χ3n) is 4.84. The zero-order chi connectivity index (χ0) is 19.4. The van der Waals surface area contributed by atoms with Crippen LogP contribution in [0.2, 0.25) is 0 Å². The molecule has 2 atom stereocenters. The number of ether oxygens (including phenoxy) is 3. The monoisotopic (exact) mass is 369 g/mol. The summed E-state index contributed by atoms with van der Waals surface area (Å²) in [6.45, 7) is 9.09. The number of hydrogen-bond acceptors (Lipinski definition) is 4. The van der Waals surface area contributed by atoms with E-state index in [4.69, 9.17) is 14.2 Å². The van der Waals surface area contributed by atoms with Gasteiger partial charge in [-0.2, -0.15) is 0 Å². The normalized spacial score (nSPS) is 15.0. The van der Waals surface area contributed by atoms with Crippen LogP contribution in [0.15, 0.2) is 36.4 Å². The van der Waals surface area contributed by atoms with E-state index in [0.717, 1.165) is 22.6 Å². The number of rotatable bonds is 6. The molecule has 1 N–H and O–H groups in total. The van der Waals surface area contributed by atoms with Gasteiger partial charge in [0, 0.05) is 0 Å². The van der Waals surface area contributed by atoms with Crippen molar-refractivity contribution in [3.05, 3.63) is 53.1 Å². The van der Waals surface area contributed by atoms with Crippen molar-refractivity contribution in [2.45, 2.75) is 46.3 Å². The molecule has 0 radical (unpaired) electrons. The fraction of sp³-hybridized carbons (Fsp3) is 0.409. The highest BCUT2D eigenvalue weighted by atomic mass is 16.6. The molecular weight excluding hydrogens is 342 g/mol. The Morgan fingerprint density at radius 2 is 1.81 bits per heavy atom. The van der Waals surface area contributed by atoms with Crippen molar-refractivity contribution in [2.24, 2.45) is 0 Å². The number of amides is 1. The van der Waals surface area contributed by atoms with Crippen LogP contribution in [0.1, 0.15) is 43.0 Å². The lowest BCUT2D eigenvalue weighted by atomic mass is 10.1. The topological polar surface area (TPSA) is 56.8 Å². The van der Waals surface area contributed by atoms with Gasteiger partial charge in [0.15, 0.2) is 17.6 Å². The zero-order valence-corrected chi connectivity index (χ0v) is 16.4. The fourth-order valence-corrected chi connectivity index (χ4v) is 2.99. The summed E-state index contributed by atoms with van der Waals surface area (Å²) in [5, 5.41) is 3.04. The minimum Gasteiger partial charge on any atom is -0.486 e. The number of nitrogens with one attached hydrogen (secondary N) is 1. The Morgan fingerprint density at radius 3 is 2.52 bits per heavy atom. The maximum Gasteiger partial charge on any atom is 0.261 e. The van der Waals surface area contributed by atoms with Gasteiger partial charge in [0.05, 0.1) is 6.04 Å². The molecule has 2 aromatic carbocycles. The van der Waals surface area contributed by atoms with E-state index in [-0.39, 0.29) is 11.9 Å². The van der Waals surface area contributed by atoms with Gasteiger partial charge in [-0.25, -0.2) is 0 Å². The van der Waals surface area contributed by atoms with E-state index < -0.39 is 6.10 Å². The van der Waals surface area contributed by atoms with Crippen molar-refractivity contribution in [2.75, 3.05) is 13.2 Å². The summed E-state index contributed by atoms with van der Waals surface area (Å²) in [6, 6.07) is 11.5. The molecular formula is C22H27NO4. The molecule has 0 bridgehead atoms. The quantitative estimate of drug-likeness (QED) is 0.833. The van der Waals surface area contributed by atoms with Gasteiger partial charge in [-0.15, -0.1) is 0 Å². The predicted octanol–water partition coefficient (Wildman–Crippen LogP) is 4.11. The molecule has 2 aromatic rings. The Balaban J connectivity index is 1.66.